The molecule has 0 radical (unpaired) electrons. The second kappa shape index (κ2) is 10.9. The van der Waals surface area contributed by atoms with Gasteiger partial charge in [0.15, 0.2) is 0 Å². The van der Waals surface area contributed by atoms with Crippen LogP contribution in [0.3, 0.4) is 0 Å². The summed E-state index contributed by atoms with van der Waals surface area (Å²) in [6, 6.07) is 12.7. The number of urea groups is 1. The molecular formula is C28H35Cl2FN4O. The number of nitrogens with zero attached hydrogens (tertiary/aromatic N) is 3. The number of fused-ring (bicyclic) bond motifs is 1. The Hall–Kier alpha value is -1.86. The lowest BCUT2D eigenvalue weighted by Gasteiger charge is -2.38. The molecule has 0 aromatic heterocycles. The van der Waals surface area contributed by atoms with Gasteiger partial charge < -0.3 is 20.0 Å². The fraction of sp³-hybridized carbons (Fsp3) is 0.536. The Bertz CT molecular complexity index is 1090. The van der Waals surface area contributed by atoms with Crippen LogP contribution in [0.2, 0.25) is 10.0 Å². The Balaban J connectivity index is 1.25. The molecule has 2 amide bonds. The van der Waals surface area contributed by atoms with Crippen LogP contribution in [0.15, 0.2) is 42.5 Å². The number of hydrogen-bond acceptors (Lipinski definition) is 3. The molecular weight excluding hydrogens is 498 g/mol. The number of halogens is 3. The van der Waals surface area contributed by atoms with E-state index in [1.54, 1.807) is 6.07 Å². The summed E-state index contributed by atoms with van der Waals surface area (Å²) in [4.78, 5) is 20.4. The Labute approximate surface area is 223 Å². The molecule has 8 heteroatoms. The first-order chi connectivity index (χ1) is 17.3. The van der Waals surface area contributed by atoms with E-state index in [1.807, 2.05) is 17.0 Å². The number of rotatable bonds is 7. The van der Waals surface area contributed by atoms with E-state index in [2.05, 4.69) is 34.3 Å². The minimum atomic E-state index is -0.489. The van der Waals surface area contributed by atoms with Gasteiger partial charge in [-0.2, -0.15) is 0 Å². The molecule has 36 heavy (non-hydrogen) atoms. The highest BCUT2D eigenvalue weighted by atomic mass is 35.5. The van der Waals surface area contributed by atoms with E-state index < -0.39 is 5.82 Å². The van der Waals surface area contributed by atoms with Crippen molar-refractivity contribution in [1.29, 1.82) is 0 Å². The fourth-order valence-corrected chi connectivity index (χ4v) is 6.57. The van der Waals surface area contributed by atoms with Gasteiger partial charge in [-0.15, -0.1) is 0 Å². The zero-order valence-corrected chi connectivity index (χ0v) is 22.4. The molecule has 2 saturated carbocycles. The minimum Gasteiger partial charge on any atom is -0.321 e. The molecule has 5 rings (SSSR count). The van der Waals surface area contributed by atoms with Gasteiger partial charge in [-0.1, -0.05) is 35.3 Å². The van der Waals surface area contributed by atoms with Crippen molar-refractivity contribution in [2.75, 3.05) is 51.6 Å². The minimum absolute atomic E-state index is 0.0105. The average molecular weight is 534 g/mol. The van der Waals surface area contributed by atoms with Gasteiger partial charge in [0, 0.05) is 49.5 Å². The summed E-state index contributed by atoms with van der Waals surface area (Å²) in [5.41, 5.74) is 2.07. The number of piperazine rings is 1. The molecule has 2 aromatic rings. The highest BCUT2D eigenvalue weighted by Crippen LogP contribution is 2.63. The molecule has 2 aromatic carbocycles. The van der Waals surface area contributed by atoms with E-state index in [1.165, 1.54) is 17.7 Å². The SMILES string of the molecule is CN1CCN(CCCN(C(=O)Nc2ccc(F)c(Cl)c2)[C@@H]2CC[C@@]3(c4cccc(Cl)c4)CC3C2)CC1. The standard InChI is InChI=1S/C28H35Cl2FN4O/c1-33-12-14-34(15-13-33)10-3-11-35(27(36)32-23-6-7-26(31)25(30)18-23)24-8-9-28(19-21(28)17-24)20-4-2-5-22(29)16-20/h2,4-7,16,18,21,24H,3,8-15,17,19H2,1H3,(H,32,36)/t21?,24-,28+/m1/s1. The maximum Gasteiger partial charge on any atom is 0.322 e. The van der Waals surface area contributed by atoms with Gasteiger partial charge in [-0.3, -0.25) is 0 Å². The maximum atomic E-state index is 13.6. The highest BCUT2D eigenvalue weighted by molar-refractivity contribution is 6.31. The molecule has 5 nitrogen and oxygen atoms in total. The molecule has 194 valence electrons. The van der Waals surface area contributed by atoms with Crippen molar-refractivity contribution in [3.05, 3.63) is 63.9 Å². The van der Waals surface area contributed by atoms with Crippen molar-refractivity contribution in [2.45, 2.75) is 43.6 Å². The predicted molar refractivity (Wildman–Crippen MR) is 145 cm³/mol. The molecule has 1 saturated heterocycles. The van der Waals surface area contributed by atoms with Crippen LogP contribution in [-0.4, -0.2) is 73.1 Å². The van der Waals surface area contributed by atoms with Gasteiger partial charge in [-0.25, -0.2) is 9.18 Å². The van der Waals surface area contributed by atoms with Crippen molar-refractivity contribution in [3.8, 4) is 0 Å². The van der Waals surface area contributed by atoms with Gasteiger partial charge in [-0.05, 0) is 92.9 Å². The quantitative estimate of drug-likeness (QED) is 0.467. The number of carbonyl (C=O) groups is 1. The summed E-state index contributed by atoms with van der Waals surface area (Å²) >= 11 is 12.2. The second-order valence-corrected chi connectivity index (χ2v) is 11.6. The lowest BCUT2D eigenvalue weighted by molar-refractivity contribution is 0.134. The predicted octanol–water partition coefficient (Wildman–Crippen LogP) is 6.11. The molecule has 0 bridgehead atoms. The Morgan fingerprint density at radius 1 is 1.17 bits per heavy atom. The highest BCUT2D eigenvalue weighted by Gasteiger charge is 2.58. The van der Waals surface area contributed by atoms with E-state index in [9.17, 15) is 9.18 Å². The van der Waals surface area contributed by atoms with Crippen LogP contribution in [0, 0.1) is 11.7 Å². The van der Waals surface area contributed by atoms with Crippen molar-refractivity contribution >= 4 is 34.9 Å². The van der Waals surface area contributed by atoms with Gasteiger partial charge in [0.1, 0.15) is 5.82 Å². The first-order valence-corrected chi connectivity index (χ1v) is 13.8. The summed E-state index contributed by atoms with van der Waals surface area (Å²) < 4.78 is 13.6. The third-order valence-electron chi connectivity index (χ3n) is 8.45. The third kappa shape index (κ3) is 5.67. The van der Waals surface area contributed by atoms with Crippen LogP contribution in [0.4, 0.5) is 14.9 Å². The molecule has 2 aliphatic carbocycles. The summed E-state index contributed by atoms with van der Waals surface area (Å²) in [6.45, 7) is 6.02. The topological polar surface area (TPSA) is 38.8 Å². The van der Waals surface area contributed by atoms with Crippen molar-refractivity contribution in [1.82, 2.24) is 14.7 Å². The van der Waals surface area contributed by atoms with E-state index in [0.717, 1.165) is 69.9 Å². The van der Waals surface area contributed by atoms with Crippen LogP contribution >= 0.6 is 23.2 Å². The van der Waals surface area contributed by atoms with Crippen molar-refractivity contribution in [3.63, 3.8) is 0 Å². The van der Waals surface area contributed by atoms with Crippen molar-refractivity contribution < 1.29 is 9.18 Å². The zero-order chi connectivity index (χ0) is 25.3. The first kappa shape index (κ1) is 25.8. The third-order valence-corrected chi connectivity index (χ3v) is 8.98. The number of nitrogens with one attached hydrogen (secondary N) is 1. The van der Waals surface area contributed by atoms with Crippen LogP contribution in [0.5, 0.6) is 0 Å². The lowest BCUT2D eigenvalue weighted by Crippen LogP contribution is -2.48. The number of carbonyl (C=O) groups excluding carboxylic acids is 1. The summed E-state index contributed by atoms with van der Waals surface area (Å²) in [5.74, 6) is 0.0833. The van der Waals surface area contributed by atoms with Gasteiger partial charge in [0.2, 0.25) is 0 Å². The van der Waals surface area contributed by atoms with Crippen molar-refractivity contribution in [2.24, 2.45) is 5.92 Å². The Kier molecular flexibility index (Phi) is 7.78. The smallest absolute Gasteiger partial charge is 0.321 e. The van der Waals surface area contributed by atoms with E-state index in [0.29, 0.717) is 18.2 Å². The summed E-state index contributed by atoms with van der Waals surface area (Å²) in [7, 11) is 2.16. The molecule has 3 atom stereocenters. The molecule has 1 N–H and O–H groups in total. The van der Waals surface area contributed by atoms with Crippen LogP contribution < -0.4 is 5.32 Å². The fourth-order valence-electron chi connectivity index (χ4n) is 6.20. The summed E-state index contributed by atoms with van der Waals surface area (Å²) in [6.07, 6.45) is 5.12. The Morgan fingerprint density at radius 3 is 2.69 bits per heavy atom. The number of amides is 2. The molecule has 3 aliphatic rings. The van der Waals surface area contributed by atoms with E-state index in [-0.39, 0.29) is 22.5 Å². The van der Waals surface area contributed by atoms with Crippen LogP contribution in [0.1, 0.15) is 37.7 Å². The van der Waals surface area contributed by atoms with E-state index >= 15 is 0 Å². The van der Waals surface area contributed by atoms with Gasteiger partial charge >= 0.3 is 6.03 Å². The average Bonchev–Trinajstić information content (AvgIpc) is 3.60. The van der Waals surface area contributed by atoms with Gasteiger partial charge in [0.05, 0.1) is 5.02 Å². The molecule has 3 fully saturated rings. The normalized spacial score (nSPS) is 26.3. The lowest BCUT2D eigenvalue weighted by atomic mass is 9.80. The monoisotopic (exact) mass is 532 g/mol. The Morgan fingerprint density at radius 2 is 1.97 bits per heavy atom. The maximum absolute atomic E-state index is 13.6. The molecule has 0 spiro atoms. The number of anilines is 1. The molecule has 1 heterocycles. The second-order valence-electron chi connectivity index (χ2n) is 10.7. The van der Waals surface area contributed by atoms with Crippen LogP contribution in [-0.2, 0) is 5.41 Å². The molecule has 1 aliphatic heterocycles. The first-order valence-electron chi connectivity index (χ1n) is 13.0. The van der Waals surface area contributed by atoms with Gasteiger partial charge in [0.25, 0.3) is 0 Å². The summed E-state index contributed by atoms with van der Waals surface area (Å²) in [5, 5.41) is 3.78. The zero-order valence-electron chi connectivity index (χ0n) is 20.9. The number of likely N-dealkylation sites (N-methyl/N-ethyl adjacent to an activating group) is 1. The molecule has 1 unspecified atom stereocenters. The van der Waals surface area contributed by atoms with Crippen LogP contribution in [0.25, 0.3) is 0 Å². The van der Waals surface area contributed by atoms with E-state index in [4.69, 9.17) is 23.2 Å². The largest absolute Gasteiger partial charge is 0.322 e. The number of benzene rings is 2. The number of hydrogen-bond donors (Lipinski definition) is 1.